The quantitative estimate of drug-likeness (QED) is 0.416. The monoisotopic (exact) mass is 454 g/mol. The Morgan fingerprint density at radius 1 is 0.941 bits per heavy atom. The van der Waals surface area contributed by atoms with Crippen molar-refractivity contribution in [3.05, 3.63) is 96.5 Å². The van der Waals surface area contributed by atoms with Crippen molar-refractivity contribution in [1.29, 1.82) is 0 Å². The molecule has 0 aliphatic heterocycles. The molecule has 7 nitrogen and oxygen atoms in total. The van der Waals surface area contributed by atoms with Crippen molar-refractivity contribution in [3.8, 4) is 11.3 Å². The number of nitrogens with zero attached hydrogens (tertiary/aromatic N) is 3. The van der Waals surface area contributed by atoms with Crippen LogP contribution in [0.15, 0.2) is 89.7 Å². The van der Waals surface area contributed by atoms with E-state index in [1.165, 1.54) is 11.1 Å². The van der Waals surface area contributed by atoms with Gasteiger partial charge in [-0.2, -0.15) is 0 Å². The second-order valence-corrected chi connectivity index (χ2v) is 9.04. The van der Waals surface area contributed by atoms with Crippen LogP contribution in [0.5, 0.6) is 0 Å². The van der Waals surface area contributed by atoms with E-state index in [4.69, 9.17) is 4.52 Å². The zero-order chi connectivity index (χ0) is 24.1. The van der Waals surface area contributed by atoms with E-state index < -0.39 is 5.91 Å². The standard InChI is InChI=1S/C27H26N4O3/c1-27(2,3)18-29-25(32)24-23(22(30-34-24)19-11-6-4-7-12-19)31(21-14-8-5-9-15-21)26(33)20-13-10-16-28-17-20/h4-17H,18H2,1-3H3,(H,29,32). The fourth-order valence-electron chi connectivity index (χ4n) is 3.40. The SMILES string of the molecule is CC(C)(C)CNC(=O)c1onc(-c2ccccc2)c1N(C(=O)c1cccnc1)c1ccccc1. The summed E-state index contributed by atoms with van der Waals surface area (Å²) in [6.07, 6.45) is 3.09. The second-order valence-electron chi connectivity index (χ2n) is 9.04. The molecule has 2 aromatic carbocycles. The third-order valence-electron chi connectivity index (χ3n) is 5.05. The van der Waals surface area contributed by atoms with Gasteiger partial charge in [0.05, 0.1) is 5.56 Å². The Morgan fingerprint density at radius 3 is 2.24 bits per heavy atom. The molecule has 0 unspecified atom stereocenters. The minimum absolute atomic E-state index is 0.0378. The predicted octanol–water partition coefficient (Wildman–Crippen LogP) is 5.49. The molecule has 0 aliphatic carbocycles. The number of carbonyl (C=O) groups is 2. The van der Waals surface area contributed by atoms with E-state index in [1.807, 2.05) is 69.3 Å². The van der Waals surface area contributed by atoms with Crippen molar-refractivity contribution in [2.75, 3.05) is 11.4 Å². The molecular formula is C27H26N4O3. The maximum absolute atomic E-state index is 13.8. The zero-order valence-electron chi connectivity index (χ0n) is 19.4. The average molecular weight is 455 g/mol. The van der Waals surface area contributed by atoms with Crippen LogP contribution in [0.3, 0.4) is 0 Å². The van der Waals surface area contributed by atoms with Crippen LogP contribution in [0, 0.1) is 5.41 Å². The Hall–Kier alpha value is -4.26. The molecule has 172 valence electrons. The van der Waals surface area contributed by atoms with Gasteiger partial charge in [-0.3, -0.25) is 19.5 Å². The highest BCUT2D eigenvalue weighted by atomic mass is 16.5. The van der Waals surface area contributed by atoms with Crippen LogP contribution in [0.4, 0.5) is 11.4 Å². The Morgan fingerprint density at radius 2 is 1.62 bits per heavy atom. The smallest absolute Gasteiger partial charge is 0.292 e. The molecule has 2 amide bonds. The van der Waals surface area contributed by atoms with E-state index in [0.29, 0.717) is 23.5 Å². The molecule has 0 radical (unpaired) electrons. The van der Waals surface area contributed by atoms with Crippen LogP contribution in [-0.4, -0.2) is 28.5 Å². The molecule has 2 aromatic heterocycles. The Labute approximate surface area is 198 Å². The molecule has 0 atom stereocenters. The number of nitrogens with one attached hydrogen (secondary N) is 1. The third-order valence-corrected chi connectivity index (χ3v) is 5.05. The molecule has 0 fully saturated rings. The van der Waals surface area contributed by atoms with E-state index in [-0.39, 0.29) is 22.8 Å². The van der Waals surface area contributed by atoms with Crippen molar-refractivity contribution in [3.63, 3.8) is 0 Å². The van der Waals surface area contributed by atoms with Gasteiger partial charge in [-0.05, 0) is 29.7 Å². The summed E-state index contributed by atoms with van der Waals surface area (Å²) >= 11 is 0. The van der Waals surface area contributed by atoms with E-state index in [0.717, 1.165) is 5.56 Å². The fraction of sp³-hybridized carbons (Fsp3) is 0.185. The lowest BCUT2D eigenvalue weighted by Crippen LogP contribution is -2.34. The molecule has 4 rings (SSSR count). The lowest BCUT2D eigenvalue weighted by molar-refractivity contribution is 0.0903. The number of rotatable bonds is 6. The van der Waals surface area contributed by atoms with Crippen LogP contribution in [0.2, 0.25) is 0 Å². The van der Waals surface area contributed by atoms with Crippen molar-refractivity contribution in [2.45, 2.75) is 20.8 Å². The van der Waals surface area contributed by atoms with Gasteiger partial charge in [-0.25, -0.2) is 0 Å². The minimum Gasteiger partial charge on any atom is -0.349 e. The summed E-state index contributed by atoms with van der Waals surface area (Å²) in [5.74, 6) is -0.840. The summed E-state index contributed by atoms with van der Waals surface area (Å²) < 4.78 is 5.59. The molecule has 0 saturated heterocycles. The molecule has 0 spiro atoms. The van der Waals surface area contributed by atoms with Gasteiger partial charge >= 0.3 is 0 Å². The third kappa shape index (κ3) is 5.04. The fourth-order valence-corrected chi connectivity index (χ4v) is 3.40. The summed E-state index contributed by atoms with van der Waals surface area (Å²) in [7, 11) is 0. The molecule has 7 heteroatoms. The molecule has 2 heterocycles. The van der Waals surface area contributed by atoms with Gasteiger partial charge in [0.15, 0.2) is 0 Å². The molecule has 4 aromatic rings. The first-order chi connectivity index (χ1) is 16.3. The lowest BCUT2D eigenvalue weighted by Gasteiger charge is -2.24. The van der Waals surface area contributed by atoms with E-state index in [9.17, 15) is 9.59 Å². The number of anilines is 2. The Balaban J connectivity index is 1.90. The Bertz CT molecular complexity index is 1260. The zero-order valence-corrected chi connectivity index (χ0v) is 19.4. The molecule has 1 N–H and O–H groups in total. The summed E-state index contributed by atoms with van der Waals surface area (Å²) in [4.78, 5) is 32.6. The number of aromatic nitrogens is 2. The molecule has 0 bridgehead atoms. The van der Waals surface area contributed by atoms with Crippen LogP contribution >= 0.6 is 0 Å². The van der Waals surface area contributed by atoms with Crippen LogP contribution < -0.4 is 10.2 Å². The summed E-state index contributed by atoms with van der Waals surface area (Å²) in [6.45, 7) is 6.49. The van der Waals surface area contributed by atoms with Crippen LogP contribution in [0.1, 0.15) is 41.7 Å². The molecule has 34 heavy (non-hydrogen) atoms. The minimum atomic E-state index is -0.445. The second kappa shape index (κ2) is 9.70. The highest BCUT2D eigenvalue weighted by Gasteiger charge is 2.33. The van der Waals surface area contributed by atoms with Crippen molar-refractivity contribution in [1.82, 2.24) is 15.5 Å². The highest BCUT2D eigenvalue weighted by Crippen LogP contribution is 2.39. The topological polar surface area (TPSA) is 88.3 Å². The van der Waals surface area contributed by atoms with Gasteiger partial charge in [-0.1, -0.05) is 74.5 Å². The van der Waals surface area contributed by atoms with Gasteiger partial charge in [0.25, 0.3) is 11.8 Å². The number of para-hydroxylation sites is 1. The molecular weight excluding hydrogens is 428 g/mol. The van der Waals surface area contributed by atoms with Crippen LogP contribution in [-0.2, 0) is 0 Å². The summed E-state index contributed by atoms with van der Waals surface area (Å²) in [6, 6.07) is 21.8. The number of carbonyl (C=O) groups excluding carboxylic acids is 2. The van der Waals surface area contributed by atoms with Gasteiger partial charge in [0.2, 0.25) is 5.76 Å². The predicted molar refractivity (Wildman–Crippen MR) is 131 cm³/mol. The number of benzene rings is 2. The highest BCUT2D eigenvalue weighted by molar-refractivity contribution is 6.15. The van der Waals surface area contributed by atoms with Gasteiger partial charge in [-0.15, -0.1) is 0 Å². The van der Waals surface area contributed by atoms with Gasteiger partial charge in [0, 0.05) is 30.2 Å². The molecule has 0 saturated carbocycles. The van der Waals surface area contributed by atoms with E-state index in [2.05, 4.69) is 15.5 Å². The number of hydrogen-bond donors (Lipinski definition) is 1. The first-order valence-electron chi connectivity index (χ1n) is 11.0. The van der Waals surface area contributed by atoms with E-state index in [1.54, 1.807) is 30.5 Å². The summed E-state index contributed by atoms with van der Waals surface area (Å²) in [5, 5.41) is 7.14. The lowest BCUT2D eigenvalue weighted by atomic mass is 9.97. The first-order valence-corrected chi connectivity index (χ1v) is 11.0. The first kappa shape index (κ1) is 22.9. The Kier molecular flexibility index (Phi) is 6.54. The van der Waals surface area contributed by atoms with Crippen molar-refractivity contribution in [2.24, 2.45) is 5.41 Å². The van der Waals surface area contributed by atoms with Gasteiger partial charge in [0.1, 0.15) is 11.4 Å². The maximum atomic E-state index is 13.8. The van der Waals surface area contributed by atoms with Gasteiger partial charge < -0.3 is 9.84 Å². The van der Waals surface area contributed by atoms with Crippen molar-refractivity contribution < 1.29 is 14.1 Å². The number of hydrogen-bond acceptors (Lipinski definition) is 5. The normalized spacial score (nSPS) is 11.1. The van der Waals surface area contributed by atoms with Crippen molar-refractivity contribution >= 4 is 23.2 Å². The van der Waals surface area contributed by atoms with E-state index >= 15 is 0 Å². The summed E-state index contributed by atoms with van der Waals surface area (Å²) in [5.41, 5.74) is 2.19. The average Bonchev–Trinajstić information content (AvgIpc) is 3.28. The molecule has 0 aliphatic rings. The van der Waals surface area contributed by atoms with Crippen LogP contribution in [0.25, 0.3) is 11.3 Å². The number of pyridine rings is 1. The maximum Gasteiger partial charge on any atom is 0.292 e. The number of amides is 2. The largest absolute Gasteiger partial charge is 0.349 e.